The van der Waals surface area contributed by atoms with Gasteiger partial charge in [0.2, 0.25) is 5.91 Å². The Kier molecular flexibility index (Phi) is 5.24. The van der Waals surface area contributed by atoms with E-state index in [0.29, 0.717) is 10.9 Å². The molecule has 0 fully saturated rings. The summed E-state index contributed by atoms with van der Waals surface area (Å²) in [5, 5.41) is 1.54. The molecule has 0 aliphatic rings. The van der Waals surface area contributed by atoms with E-state index in [1.165, 1.54) is 10.9 Å². The molecule has 4 rings (SSSR count). The number of nitrogens with zero attached hydrogens (tertiary/aromatic N) is 3. The minimum Gasteiger partial charge on any atom is -0.459 e. The molecule has 0 N–H and O–H groups in total. The first-order chi connectivity index (χ1) is 13.9. The average molecular weight is 454 g/mol. The molecule has 1 unspecified atom stereocenters. The van der Waals surface area contributed by atoms with Crippen LogP contribution < -0.4 is 5.56 Å². The van der Waals surface area contributed by atoms with Crippen molar-refractivity contribution in [1.29, 1.82) is 0 Å². The average Bonchev–Trinajstić information content (AvgIpc) is 3.16. The topological polar surface area (TPSA) is 68.3 Å². The molecule has 0 aliphatic heterocycles. The Hall–Kier alpha value is -2.93. The molecule has 2 heterocycles. The Bertz CT molecular complexity index is 1230. The smallest absolute Gasteiger partial charge is 0.261 e. The number of carbonyl (C=O) groups is 1. The van der Waals surface area contributed by atoms with Gasteiger partial charge in [0.25, 0.3) is 5.56 Å². The Labute approximate surface area is 175 Å². The fourth-order valence-corrected chi connectivity index (χ4v) is 3.66. The Morgan fingerprint density at radius 1 is 1.24 bits per heavy atom. The number of aryl methyl sites for hydroxylation is 1. The van der Waals surface area contributed by atoms with Gasteiger partial charge in [0.15, 0.2) is 0 Å². The predicted octanol–water partition coefficient (Wildman–Crippen LogP) is 4.51. The maximum atomic E-state index is 12.7. The fraction of sp³-hybridized carbons (Fsp3) is 0.227. The standard InChI is InChI=1S/C22H20BrN3O3/c1-14(20-11-15-5-3-4-6-19(15)29-20)25(2)21(27)9-10-26-13-24-18-8-7-16(23)12-17(18)22(26)28/h3-8,11-14H,9-10H2,1-2H3. The predicted molar refractivity (Wildman–Crippen MR) is 116 cm³/mol. The van der Waals surface area contributed by atoms with Crippen LogP contribution in [0.15, 0.2) is 68.5 Å². The van der Waals surface area contributed by atoms with E-state index in [4.69, 9.17) is 4.42 Å². The van der Waals surface area contributed by atoms with E-state index in [9.17, 15) is 9.59 Å². The molecule has 0 aliphatic carbocycles. The second kappa shape index (κ2) is 7.83. The second-order valence-electron chi connectivity index (χ2n) is 7.02. The number of hydrogen-bond donors (Lipinski definition) is 0. The fourth-order valence-electron chi connectivity index (χ4n) is 3.30. The van der Waals surface area contributed by atoms with Crippen molar-refractivity contribution >= 4 is 43.7 Å². The van der Waals surface area contributed by atoms with Crippen LogP contribution in [0.5, 0.6) is 0 Å². The molecule has 2 aromatic heterocycles. The Balaban J connectivity index is 1.48. The number of carbonyl (C=O) groups excluding carboxylic acids is 1. The summed E-state index contributed by atoms with van der Waals surface area (Å²) < 4.78 is 8.17. The van der Waals surface area contributed by atoms with Crippen molar-refractivity contribution in [3.63, 3.8) is 0 Å². The number of amides is 1. The quantitative estimate of drug-likeness (QED) is 0.445. The van der Waals surface area contributed by atoms with Crippen LogP contribution in [0.4, 0.5) is 0 Å². The van der Waals surface area contributed by atoms with E-state index in [1.54, 1.807) is 24.1 Å². The number of furan rings is 1. The number of rotatable bonds is 5. The molecule has 6 nitrogen and oxygen atoms in total. The number of hydrogen-bond acceptors (Lipinski definition) is 4. The van der Waals surface area contributed by atoms with Gasteiger partial charge >= 0.3 is 0 Å². The van der Waals surface area contributed by atoms with E-state index in [0.717, 1.165) is 21.2 Å². The normalized spacial score (nSPS) is 12.4. The van der Waals surface area contributed by atoms with Gasteiger partial charge in [-0.1, -0.05) is 34.1 Å². The van der Waals surface area contributed by atoms with Crippen molar-refractivity contribution in [2.24, 2.45) is 0 Å². The molecule has 0 bridgehead atoms. The van der Waals surface area contributed by atoms with Crippen LogP contribution >= 0.6 is 15.9 Å². The lowest BCUT2D eigenvalue weighted by Crippen LogP contribution is -2.31. The first-order valence-corrected chi connectivity index (χ1v) is 10.1. The van der Waals surface area contributed by atoms with Crippen LogP contribution in [0, 0.1) is 0 Å². The highest BCUT2D eigenvalue weighted by atomic mass is 79.9. The van der Waals surface area contributed by atoms with Crippen LogP contribution in [-0.2, 0) is 11.3 Å². The zero-order valence-corrected chi connectivity index (χ0v) is 17.7. The molecular weight excluding hydrogens is 434 g/mol. The molecule has 0 saturated carbocycles. The molecule has 0 saturated heterocycles. The second-order valence-corrected chi connectivity index (χ2v) is 7.94. The van der Waals surface area contributed by atoms with Crippen LogP contribution in [0.2, 0.25) is 0 Å². The van der Waals surface area contributed by atoms with Gasteiger partial charge in [0.05, 0.1) is 23.3 Å². The van der Waals surface area contributed by atoms with Gasteiger partial charge in [-0.05, 0) is 37.3 Å². The van der Waals surface area contributed by atoms with Crippen molar-refractivity contribution < 1.29 is 9.21 Å². The highest BCUT2D eigenvalue weighted by molar-refractivity contribution is 9.10. The summed E-state index contributed by atoms with van der Waals surface area (Å²) in [4.78, 5) is 31.4. The molecule has 4 aromatic rings. The summed E-state index contributed by atoms with van der Waals surface area (Å²) in [6, 6.07) is 14.9. The van der Waals surface area contributed by atoms with Crippen LogP contribution in [0.25, 0.3) is 21.9 Å². The van der Waals surface area contributed by atoms with E-state index < -0.39 is 0 Å². The van der Waals surface area contributed by atoms with Gasteiger partial charge in [-0.2, -0.15) is 0 Å². The first-order valence-electron chi connectivity index (χ1n) is 9.33. The van der Waals surface area contributed by atoms with Crippen molar-refractivity contribution in [2.75, 3.05) is 7.05 Å². The molecular formula is C22H20BrN3O3. The zero-order chi connectivity index (χ0) is 20.5. The van der Waals surface area contributed by atoms with Crippen molar-refractivity contribution in [3.8, 4) is 0 Å². The maximum absolute atomic E-state index is 12.7. The largest absolute Gasteiger partial charge is 0.459 e. The van der Waals surface area contributed by atoms with E-state index >= 15 is 0 Å². The summed E-state index contributed by atoms with van der Waals surface area (Å²) in [5.41, 5.74) is 1.28. The van der Waals surface area contributed by atoms with E-state index in [2.05, 4.69) is 20.9 Å². The van der Waals surface area contributed by atoms with Gasteiger partial charge in [0.1, 0.15) is 11.3 Å². The van der Waals surface area contributed by atoms with Crippen LogP contribution in [0.1, 0.15) is 25.1 Å². The van der Waals surface area contributed by atoms with Gasteiger partial charge in [-0.15, -0.1) is 0 Å². The SMILES string of the molecule is CC(c1cc2ccccc2o1)N(C)C(=O)CCn1cnc2ccc(Br)cc2c1=O. The first kappa shape index (κ1) is 19.4. The van der Waals surface area contributed by atoms with Crippen molar-refractivity contribution in [3.05, 3.63) is 75.4 Å². The van der Waals surface area contributed by atoms with Crippen LogP contribution in [-0.4, -0.2) is 27.4 Å². The number of fused-ring (bicyclic) bond motifs is 2. The van der Waals surface area contributed by atoms with Gasteiger partial charge in [-0.25, -0.2) is 4.98 Å². The molecule has 29 heavy (non-hydrogen) atoms. The third-order valence-corrected chi connectivity index (χ3v) is 5.68. The molecule has 0 spiro atoms. The monoisotopic (exact) mass is 453 g/mol. The molecule has 7 heteroatoms. The summed E-state index contributed by atoms with van der Waals surface area (Å²) in [5.74, 6) is 0.663. The lowest BCUT2D eigenvalue weighted by atomic mass is 10.2. The summed E-state index contributed by atoms with van der Waals surface area (Å²) in [6.45, 7) is 2.20. The minimum atomic E-state index is -0.211. The summed E-state index contributed by atoms with van der Waals surface area (Å²) >= 11 is 3.38. The maximum Gasteiger partial charge on any atom is 0.261 e. The third kappa shape index (κ3) is 3.82. The number of para-hydroxylation sites is 1. The Morgan fingerprint density at radius 3 is 2.83 bits per heavy atom. The molecule has 0 radical (unpaired) electrons. The molecule has 148 valence electrons. The zero-order valence-electron chi connectivity index (χ0n) is 16.1. The van der Waals surface area contributed by atoms with Gasteiger partial charge in [0, 0.05) is 29.9 Å². The number of aromatic nitrogens is 2. The summed E-state index contributed by atoms with van der Waals surface area (Å²) in [7, 11) is 1.75. The molecule has 2 aromatic carbocycles. The molecule has 1 amide bonds. The van der Waals surface area contributed by atoms with Crippen molar-refractivity contribution in [2.45, 2.75) is 25.9 Å². The Morgan fingerprint density at radius 2 is 2.03 bits per heavy atom. The lowest BCUT2D eigenvalue weighted by molar-refractivity contribution is -0.132. The van der Waals surface area contributed by atoms with Gasteiger partial charge in [-0.3, -0.25) is 14.2 Å². The highest BCUT2D eigenvalue weighted by Crippen LogP contribution is 2.27. The lowest BCUT2D eigenvalue weighted by Gasteiger charge is -2.23. The number of benzene rings is 2. The third-order valence-electron chi connectivity index (χ3n) is 5.18. The van der Waals surface area contributed by atoms with Crippen molar-refractivity contribution in [1.82, 2.24) is 14.5 Å². The van der Waals surface area contributed by atoms with Gasteiger partial charge < -0.3 is 9.32 Å². The van der Waals surface area contributed by atoms with Crippen LogP contribution in [0.3, 0.4) is 0 Å². The summed E-state index contributed by atoms with van der Waals surface area (Å²) in [6.07, 6.45) is 1.69. The van der Waals surface area contributed by atoms with E-state index in [-0.39, 0.29) is 30.5 Å². The van der Waals surface area contributed by atoms with E-state index in [1.807, 2.05) is 43.3 Å². The minimum absolute atomic E-state index is 0.0702. The highest BCUT2D eigenvalue weighted by Gasteiger charge is 2.21. The molecule has 1 atom stereocenters. The number of halogens is 1.